The van der Waals surface area contributed by atoms with E-state index in [-0.39, 0.29) is 24.5 Å². The van der Waals surface area contributed by atoms with Gasteiger partial charge in [-0.15, -0.1) is 6.58 Å². The minimum atomic E-state index is -4.06. The smallest absolute Gasteiger partial charge is 0.328 e. The first kappa shape index (κ1) is 37.3. The third-order valence-electron chi connectivity index (χ3n) is 10.0. The first-order valence-electron chi connectivity index (χ1n) is 17.1. The van der Waals surface area contributed by atoms with Crippen LogP contribution < -0.4 is 19.5 Å². The molecule has 0 spiro atoms. The summed E-state index contributed by atoms with van der Waals surface area (Å²) in [5, 5.41) is 4.04. The molecule has 12 nitrogen and oxygen atoms in total. The molecule has 3 aliphatic rings. The van der Waals surface area contributed by atoms with Crippen LogP contribution in [0.5, 0.6) is 11.6 Å². The SMILES string of the molecule is C=C[C@@H]1C[C@@]1(C(=O)NS(=O)(=O)C1CC1)N(C(=O)[C@H](Nc1ccccc1F)C(C)(C)C)C(=O)N1C[C@H](Oc2ncc(OC)c3ccc(Cl)cc23)CC1C. The lowest BCUT2D eigenvalue weighted by atomic mass is 9.85. The first-order valence-corrected chi connectivity index (χ1v) is 19.1. The number of rotatable bonds is 11. The van der Waals surface area contributed by atoms with Gasteiger partial charge in [0.15, 0.2) is 0 Å². The van der Waals surface area contributed by atoms with E-state index in [0.717, 1.165) is 10.3 Å². The number of fused-ring (bicyclic) bond motifs is 1. The number of anilines is 1. The summed E-state index contributed by atoms with van der Waals surface area (Å²) in [7, 11) is -2.53. The van der Waals surface area contributed by atoms with Gasteiger partial charge >= 0.3 is 6.03 Å². The van der Waals surface area contributed by atoms with E-state index >= 15 is 0 Å². The Kier molecular flexibility index (Phi) is 9.94. The molecule has 3 aromatic rings. The molecule has 2 saturated carbocycles. The number of ether oxygens (including phenoxy) is 2. The van der Waals surface area contributed by atoms with Crippen LogP contribution >= 0.6 is 11.6 Å². The van der Waals surface area contributed by atoms with Crippen LogP contribution in [0.25, 0.3) is 10.8 Å². The maximum Gasteiger partial charge on any atom is 0.328 e. The Morgan fingerprint density at radius 1 is 1.17 bits per heavy atom. The summed E-state index contributed by atoms with van der Waals surface area (Å²) >= 11 is 6.31. The third-order valence-corrected chi connectivity index (χ3v) is 12.1. The number of hydrogen-bond donors (Lipinski definition) is 2. The number of carbonyl (C=O) groups excluding carboxylic acids is 3. The second-order valence-corrected chi connectivity index (χ2v) is 17.2. The minimum absolute atomic E-state index is 0.0112. The van der Waals surface area contributed by atoms with Crippen LogP contribution in [0.15, 0.2) is 61.3 Å². The maximum atomic E-state index is 15.0. The zero-order chi connectivity index (χ0) is 37.7. The van der Waals surface area contributed by atoms with E-state index in [9.17, 15) is 27.2 Å². The first-order chi connectivity index (χ1) is 24.5. The van der Waals surface area contributed by atoms with Gasteiger partial charge in [0.1, 0.15) is 29.3 Å². The van der Waals surface area contributed by atoms with Gasteiger partial charge in [-0.1, -0.05) is 50.6 Å². The number of carbonyl (C=O) groups is 3. The van der Waals surface area contributed by atoms with Crippen molar-refractivity contribution in [2.45, 2.75) is 82.4 Å². The fourth-order valence-electron chi connectivity index (χ4n) is 6.87. The van der Waals surface area contributed by atoms with E-state index in [0.29, 0.717) is 35.4 Å². The summed E-state index contributed by atoms with van der Waals surface area (Å²) in [5.74, 6) is -2.37. The number of amides is 4. The van der Waals surface area contributed by atoms with E-state index in [1.54, 1.807) is 52.0 Å². The number of hydrogen-bond acceptors (Lipinski definition) is 9. The summed E-state index contributed by atoms with van der Waals surface area (Å²) in [6.07, 6.45) is 3.50. The molecular weight excluding hydrogens is 713 g/mol. The molecule has 278 valence electrons. The molecule has 1 aromatic heterocycles. The average molecular weight is 756 g/mol. The molecule has 2 aliphatic carbocycles. The molecule has 6 rings (SSSR count). The quantitative estimate of drug-likeness (QED) is 0.228. The van der Waals surface area contributed by atoms with Crippen LogP contribution in [0.4, 0.5) is 14.9 Å². The number of nitrogens with zero attached hydrogens (tertiary/aromatic N) is 3. The molecule has 0 bridgehead atoms. The van der Waals surface area contributed by atoms with Gasteiger partial charge < -0.3 is 19.7 Å². The Bertz CT molecular complexity index is 2040. The third kappa shape index (κ3) is 7.02. The Hall–Kier alpha value is -4.43. The highest BCUT2D eigenvalue weighted by molar-refractivity contribution is 7.91. The second kappa shape index (κ2) is 13.8. The number of methoxy groups -OCH3 is 1. The number of benzene rings is 2. The molecule has 2 N–H and O–H groups in total. The van der Waals surface area contributed by atoms with E-state index in [4.69, 9.17) is 21.1 Å². The lowest BCUT2D eigenvalue weighted by Crippen LogP contribution is -2.64. The number of urea groups is 1. The van der Waals surface area contributed by atoms with Crippen molar-refractivity contribution in [2.24, 2.45) is 11.3 Å². The van der Waals surface area contributed by atoms with E-state index in [1.165, 1.54) is 42.5 Å². The monoisotopic (exact) mass is 755 g/mol. The predicted molar refractivity (Wildman–Crippen MR) is 195 cm³/mol. The van der Waals surface area contributed by atoms with Crippen LogP contribution in [0.3, 0.4) is 0 Å². The highest BCUT2D eigenvalue weighted by Crippen LogP contribution is 2.52. The summed E-state index contributed by atoms with van der Waals surface area (Å²) in [6.45, 7) is 10.9. The van der Waals surface area contributed by atoms with Gasteiger partial charge in [0.2, 0.25) is 15.9 Å². The van der Waals surface area contributed by atoms with Crippen molar-refractivity contribution in [1.29, 1.82) is 0 Å². The van der Waals surface area contributed by atoms with Crippen LogP contribution in [0.2, 0.25) is 5.02 Å². The Labute approximate surface area is 307 Å². The van der Waals surface area contributed by atoms with Gasteiger partial charge in [0.05, 0.1) is 30.8 Å². The molecule has 2 heterocycles. The van der Waals surface area contributed by atoms with E-state index in [2.05, 4.69) is 21.6 Å². The van der Waals surface area contributed by atoms with Crippen molar-refractivity contribution in [3.8, 4) is 11.6 Å². The number of halogens is 2. The molecule has 15 heteroatoms. The van der Waals surface area contributed by atoms with Crippen molar-refractivity contribution in [3.05, 3.63) is 72.2 Å². The number of likely N-dealkylation sites (tertiary alicyclic amines) is 1. The molecular formula is C37H43ClFN5O7S. The zero-order valence-corrected chi connectivity index (χ0v) is 31.3. The lowest BCUT2D eigenvalue weighted by molar-refractivity contribution is -0.141. The summed E-state index contributed by atoms with van der Waals surface area (Å²) in [4.78, 5) is 50.8. The standard InChI is InChI=1S/C37H43ClFN5O7S/c1-7-22-18-37(22,34(46)42-52(48,49)25-13-14-25)44(33(45)31(36(3,4)5)41-29-11-9-8-10-28(29)39)35(47)43-20-24(16-21(43)2)51-32-27-17-23(38)12-15-26(27)30(50-6)19-40-32/h7-12,15,17,19,21-22,24-25,31,41H,1,13-14,16,18,20H2,2-6H3,(H,42,46)/t21?,22-,24-,31+,37-/m1/s1. The summed E-state index contributed by atoms with van der Waals surface area (Å²) < 4.78 is 55.0. The average Bonchev–Trinajstić information content (AvgIpc) is 4.01. The zero-order valence-electron chi connectivity index (χ0n) is 29.7. The number of pyridine rings is 1. The number of sulfonamides is 1. The van der Waals surface area contributed by atoms with Gasteiger partial charge in [0, 0.05) is 34.2 Å². The second-order valence-electron chi connectivity index (χ2n) is 14.8. The maximum absolute atomic E-state index is 15.0. The van der Waals surface area contributed by atoms with Crippen molar-refractivity contribution in [2.75, 3.05) is 19.0 Å². The number of aromatic nitrogens is 1. The van der Waals surface area contributed by atoms with Crippen LogP contribution in [0, 0.1) is 17.2 Å². The normalized spacial score (nSPS) is 23.4. The molecule has 4 amide bonds. The molecule has 1 aliphatic heterocycles. The molecule has 52 heavy (non-hydrogen) atoms. The summed E-state index contributed by atoms with van der Waals surface area (Å²) in [6, 6.07) is 8.52. The molecule has 0 radical (unpaired) electrons. The van der Waals surface area contributed by atoms with Crippen LogP contribution in [0.1, 0.15) is 53.4 Å². The highest BCUT2D eigenvalue weighted by Gasteiger charge is 2.68. The van der Waals surface area contributed by atoms with Gasteiger partial charge in [-0.05, 0) is 61.9 Å². The van der Waals surface area contributed by atoms with Gasteiger partial charge in [-0.25, -0.2) is 27.5 Å². The van der Waals surface area contributed by atoms with E-state index < -0.39 is 74.0 Å². The number of para-hydroxylation sites is 1. The predicted octanol–water partition coefficient (Wildman–Crippen LogP) is 5.91. The Balaban J connectivity index is 1.37. The van der Waals surface area contributed by atoms with Gasteiger partial charge in [-0.3, -0.25) is 14.3 Å². The molecule has 3 fully saturated rings. The molecule has 2 aromatic carbocycles. The van der Waals surface area contributed by atoms with Crippen molar-refractivity contribution < 1.29 is 36.7 Å². The summed E-state index contributed by atoms with van der Waals surface area (Å²) in [5.41, 5.74) is -2.79. The lowest BCUT2D eigenvalue weighted by Gasteiger charge is -2.40. The number of imide groups is 1. The van der Waals surface area contributed by atoms with Gasteiger partial charge in [0.25, 0.3) is 11.8 Å². The van der Waals surface area contributed by atoms with E-state index in [1.807, 2.05) is 0 Å². The Morgan fingerprint density at radius 2 is 1.88 bits per heavy atom. The van der Waals surface area contributed by atoms with Crippen LogP contribution in [-0.2, 0) is 19.6 Å². The van der Waals surface area contributed by atoms with Crippen molar-refractivity contribution >= 4 is 55.9 Å². The molecule has 5 atom stereocenters. The van der Waals surface area contributed by atoms with Crippen molar-refractivity contribution in [1.82, 2.24) is 19.5 Å². The number of nitrogens with one attached hydrogen (secondary N) is 2. The van der Waals surface area contributed by atoms with Crippen molar-refractivity contribution in [3.63, 3.8) is 0 Å². The Morgan fingerprint density at radius 3 is 2.50 bits per heavy atom. The van der Waals surface area contributed by atoms with Gasteiger partial charge in [-0.2, -0.15) is 0 Å². The fraction of sp³-hybridized carbons (Fsp3) is 0.459. The minimum Gasteiger partial charge on any atom is -0.494 e. The van der Waals surface area contributed by atoms with Crippen LogP contribution in [-0.4, -0.2) is 83.7 Å². The molecule has 1 saturated heterocycles. The topological polar surface area (TPSA) is 147 Å². The fourth-order valence-corrected chi connectivity index (χ4v) is 8.40. The largest absolute Gasteiger partial charge is 0.494 e. The molecule has 1 unspecified atom stereocenters. The highest BCUT2D eigenvalue weighted by atomic mass is 35.5.